The Hall–Kier alpha value is -3.48. The molecule has 7 nitrogen and oxygen atoms in total. The Bertz CT molecular complexity index is 883. The SMILES string of the molecule is COc1ccc(C(=O)C=Cc2c(C(=O)O)ccc3c2OCO3)c(O)c1. The number of hydrogen-bond acceptors (Lipinski definition) is 6. The summed E-state index contributed by atoms with van der Waals surface area (Å²) in [6.45, 7) is -0.0214. The number of phenols is 1. The van der Waals surface area contributed by atoms with Gasteiger partial charge in [-0.15, -0.1) is 0 Å². The van der Waals surface area contributed by atoms with Crippen molar-refractivity contribution >= 4 is 17.8 Å². The van der Waals surface area contributed by atoms with E-state index in [4.69, 9.17) is 14.2 Å². The summed E-state index contributed by atoms with van der Waals surface area (Å²) in [5, 5.41) is 19.2. The fraction of sp³-hybridized carbons (Fsp3) is 0.111. The number of allylic oxidation sites excluding steroid dienone is 1. The number of carboxylic acid groups (broad SMARTS) is 1. The van der Waals surface area contributed by atoms with E-state index in [2.05, 4.69) is 0 Å². The van der Waals surface area contributed by atoms with Gasteiger partial charge in [0.05, 0.1) is 18.2 Å². The van der Waals surface area contributed by atoms with Gasteiger partial charge in [-0.3, -0.25) is 4.79 Å². The minimum absolute atomic E-state index is 0.0211. The second kappa shape index (κ2) is 6.56. The van der Waals surface area contributed by atoms with E-state index in [1.54, 1.807) is 6.07 Å². The maximum absolute atomic E-state index is 12.3. The monoisotopic (exact) mass is 342 g/mol. The summed E-state index contributed by atoms with van der Waals surface area (Å²) in [7, 11) is 1.45. The number of fused-ring (bicyclic) bond motifs is 1. The molecule has 1 heterocycles. The Morgan fingerprint density at radius 1 is 1.16 bits per heavy atom. The van der Waals surface area contributed by atoms with E-state index in [0.717, 1.165) is 0 Å². The van der Waals surface area contributed by atoms with Gasteiger partial charge in [0, 0.05) is 11.6 Å². The molecule has 0 fully saturated rings. The predicted octanol–water partition coefficient (Wildman–Crippen LogP) is 2.72. The third-order valence-electron chi connectivity index (χ3n) is 3.68. The first-order valence-corrected chi connectivity index (χ1v) is 7.26. The zero-order valence-corrected chi connectivity index (χ0v) is 13.2. The van der Waals surface area contributed by atoms with Crippen molar-refractivity contribution in [1.82, 2.24) is 0 Å². The lowest BCUT2D eigenvalue weighted by atomic mass is 10.0. The fourth-order valence-corrected chi connectivity index (χ4v) is 2.44. The largest absolute Gasteiger partial charge is 0.507 e. The third-order valence-corrected chi connectivity index (χ3v) is 3.68. The highest BCUT2D eigenvalue weighted by Gasteiger charge is 2.22. The van der Waals surface area contributed by atoms with Gasteiger partial charge in [-0.05, 0) is 36.4 Å². The molecule has 2 aromatic rings. The number of aromatic carboxylic acids is 1. The van der Waals surface area contributed by atoms with Crippen LogP contribution in [0.25, 0.3) is 6.08 Å². The van der Waals surface area contributed by atoms with Crippen LogP contribution in [0.1, 0.15) is 26.3 Å². The van der Waals surface area contributed by atoms with Gasteiger partial charge in [-0.2, -0.15) is 0 Å². The highest BCUT2D eigenvalue weighted by molar-refractivity contribution is 6.09. The van der Waals surface area contributed by atoms with E-state index in [9.17, 15) is 19.8 Å². The van der Waals surface area contributed by atoms with Gasteiger partial charge in [0.1, 0.15) is 11.5 Å². The molecule has 2 aromatic carbocycles. The second-order valence-electron chi connectivity index (χ2n) is 5.15. The van der Waals surface area contributed by atoms with E-state index in [0.29, 0.717) is 11.5 Å². The molecule has 25 heavy (non-hydrogen) atoms. The van der Waals surface area contributed by atoms with Crippen LogP contribution in [-0.2, 0) is 0 Å². The number of ketones is 1. The van der Waals surface area contributed by atoms with Gasteiger partial charge in [0.25, 0.3) is 0 Å². The number of rotatable bonds is 5. The number of carbonyl (C=O) groups excluding carboxylic acids is 1. The van der Waals surface area contributed by atoms with Crippen LogP contribution in [0.4, 0.5) is 0 Å². The van der Waals surface area contributed by atoms with Crippen LogP contribution in [0.15, 0.2) is 36.4 Å². The normalized spacial score (nSPS) is 12.4. The quantitative estimate of drug-likeness (QED) is 0.636. The van der Waals surface area contributed by atoms with E-state index in [1.807, 2.05) is 0 Å². The van der Waals surface area contributed by atoms with Crippen LogP contribution >= 0.6 is 0 Å². The van der Waals surface area contributed by atoms with Crippen molar-refractivity contribution < 1.29 is 34.0 Å². The van der Waals surface area contributed by atoms with Crippen molar-refractivity contribution in [1.29, 1.82) is 0 Å². The molecule has 1 aliphatic rings. The zero-order chi connectivity index (χ0) is 18.0. The summed E-state index contributed by atoms with van der Waals surface area (Å²) in [6.07, 6.45) is 2.51. The minimum Gasteiger partial charge on any atom is -0.507 e. The Kier molecular flexibility index (Phi) is 4.30. The molecule has 0 aliphatic carbocycles. The van der Waals surface area contributed by atoms with Crippen LogP contribution in [-0.4, -0.2) is 35.9 Å². The minimum atomic E-state index is -1.15. The summed E-state index contributed by atoms with van der Waals surface area (Å²) in [5.41, 5.74) is 0.273. The number of benzene rings is 2. The average Bonchev–Trinajstić information content (AvgIpc) is 3.07. The molecule has 3 rings (SSSR count). The Balaban J connectivity index is 1.96. The van der Waals surface area contributed by atoms with E-state index >= 15 is 0 Å². The Morgan fingerprint density at radius 2 is 1.92 bits per heavy atom. The first kappa shape index (κ1) is 16.4. The van der Waals surface area contributed by atoms with Gasteiger partial charge >= 0.3 is 5.97 Å². The van der Waals surface area contributed by atoms with Crippen molar-refractivity contribution in [2.75, 3.05) is 13.9 Å². The molecule has 0 spiro atoms. The highest BCUT2D eigenvalue weighted by Crippen LogP contribution is 2.38. The lowest BCUT2D eigenvalue weighted by Gasteiger charge is -2.06. The molecule has 0 saturated carbocycles. The molecule has 128 valence electrons. The number of aromatic hydroxyl groups is 1. The second-order valence-corrected chi connectivity index (χ2v) is 5.15. The summed E-state index contributed by atoms with van der Waals surface area (Å²) in [6, 6.07) is 7.17. The number of phenolic OH excluding ortho intramolecular Hbond substituents is 1. The van der Waals surface area contributed by atoms with Gasteiger partial charge in [0.2, 0.25) is 6.79 Å². The predicted molar refractivity (Wildman–Crippen MR) is 87.5 cm³/mol. The van der Waals surface area contributed by atoms with Gasteiger partial charge in [-0.1, -0.05) is 0 Å². The summed E-state index contributed by atoms with van der Waals surface area (Å²) in [4.78, 5) is 23.7. The van der Waals surface area contributed by atoms with Crippen LogP contribution in [0.5, 0.6) is 23.0 Å². The van der Waals surface area contributed by atoms with Gasteiger partial charge in [0.15, 0.2) is 17.3 Å². The van der Waals surface area contributed by atoms with Crippen molar-refractivity contribution in [3.05, 3.63) is 53.1 Å². The maximum atomic E-state index is 12.3. The molecule has 0 saturated heterocycles. The fourth-order valence-electron chi connectivity index (χ4n) is 2.44. The number of carboxylic acids is 1. The third kappa shape index (κ3) is 3.12. The maximum Gasteiger partial charge on any atom is 0.336 e. The zero-order valence-electron chi connectivity index (χ0n) is 13.2. The molecular weight excluding hydrogens is 328 g/mol. The lowest BCUT2D eigenvalue weighted by Crippen LogP contribution is -2.01. The topological polar surface area (TPSA) is 102 Å². The number of ether oxygens (including phenoxy) is 3. The smallest absolute Gasteiger partial charge is 0.336 e. The molecule has 7 heteroatoms. The van der Waals surface area contributed by atoms with E-state index < -0.39 is 11.8 Å². The molecule has 0 unspecified atom stereocenters. The van der Waals surface area contributed by atoms with Crippen molar-refractivity contribution in [3.63, 3.8) is 0 Å². The first-order chi connectivity index (χ1) is 12.0. The number of carbonyl (C=O) groups is 2. The van der Waals surface area contributed by atoms with Crippen molar-refractivity contribution in [3.8, 4) is 23.0 Å². The molecule has 0 radical (unpaired) electrons. The summed E-state index contributed by atoms with van der Waals surface area (Å²) in [5.74, 6) is -0.791. The molecule has 2 N–H and O–H groups in total. The van der Waals surface area contributed by atoms with Crippen LogP contribution < -0.4 is 14.2 Å². The van der Waals surface area contributed by atoms with Crippen molar-refractivity contribution in [2.24, 2.45) is 0 Å². The molecule has 0 amide bonds. The molecule has 1 aliphatic heterocycles. The van der Waals surface area contributed by atoms with Gasteiger partial charge in [-0.25, -0.2) is 4.79 Å². The van der Waals surface area contributed by atoms with Crippen LogP contribution in [0.2, 0.25) is 0 Å². The number of hydrogen-bond donors (Lipinski definition) is 2. The van der Waals surface area contributed by atoms with Crippen molar-refractivity contribution in [2.45, 2.75) is 0 Å². The number of methoxy groups -OCH3 is 1. The standard InChI is InChI=1S/C18H14O7/c1-23-10-2-3-13(15(20)8-10)14(19)6-4-11-12(18(21)22)5-7-16-17(11)25-9-24-16/h2-8,20H,9H2,1H3,(H,21,22). The lowest BCUT2D eigenvalue weighted by molar-refractivity contribution is 0.0696. The Morgan fingerprint density at radius 3 is 2.60 bits per heavy atom. The summed E-state index contributed by atoms with van der Waals surface area (Å²) < 4.78 is 15.5. The first-order valence-electron chi connectivity index (χ1n) is 7.26. The van der Waals surface area contributed by atoms with Crippen LogP contribution in [0, 0.1) is 0 Å². The highest BCUT2D eigenvalue weighted by atomic mass is 16.7. The Labute approximate surface area is 142 Å². The van der Waals surface area contributed by atoms with E-state index in [1.165, 1.54) is 43.5 Å². The molecule has 0 aromatic heterocycles. The summed E-state index contributed by atoms with van der Waals surface area (Å²) >= 11 is 0. The molecular formula is C18H14O7. The molecule has 0 bridgehead atoms. The molecule has 0 atom stereocenters. The van der Waals surface area contributed by atoms with Gasteiger partial charge < -0.3 is 24.4 Å². The average molecular weight is 342 g/mol. The van der Waals surface area contributed by atoms with E-state index in [-0.39, 0.29) is 35.0 Å². The van der Waals surface area contributed by atoms with Crippen LogP contribution in [0.3, 0.4) is 0 Å².